The Hall–Kier alpha value is -3.87. The first-order valence-electron chi connectivity index (χ1n) is 10.6. The van der Waals surface area contributed by atoms with Crippen molar-refractivity contribution in [2.45, 2.75) is 38.6 Å². The van der Waals surface area contributed by atoms with E-state index in [4.69, 9.17) is 4.74 Å². The van der Waals surface area contributed by atoms with Gasteiger partial charge in [0, 0.05) is 23.7 Å². The van der Waals surface area contributed by atoms with Gasteiger partial charge < -0.3 is 15.4 Å². The topological polar surface area (TPSA) is 83.6 Å². The van der Waals surface area contributed by atoms with Gasteiger partial charge in [0.1, 0.15) is 5.75 Å². The molecule has 7 heteroatoms. The Labute approximate surface area is 186 Å². The number of amides is 3. The zero-order chi connectivity index (χ0) is 22.3. The van der Waals surface area contributed by atoms with Gasteiger partial charge in [-0.25, -0.2) is 4.79 Å². The number of benzene rings is 2. The molecule has 0 saturated carbocycles. The lowest BCUT2D eigenvalue weighted by Crippen LogP contribution is -2.65. The SMILES string of the molecule is Cc1ccc2c(c1)[C@H]1C[C@@](C)(O2)N(c2cccc(C(=O)NCc3ccccn3)c2)C(=O)N1. The second-order valence-corrected chi connectivity index (χ2v) is 8.41. The lowest BCUT2D eigenvalue weighted by atomic mass is 9.89. The molecule has 1 saturated heterocycles. The molecular weight excluding hydrogens is 404 g/mol. The molecule has 0 unspecified atom stereocenters. The zero-order valence-corrected chi connectivity index (χ0v) is 18.0. The number of nitrogens with one attached hydrogen (secondary N) is 2. The number of nitrogens with zero attached hydrogens (tertiary/aromatic N) is 2. The number of ether oxygens (including phenoxy) is 1. The fourth-order valence-corrected chi connectivity index (χ4v) is 4.45. The van der Waals surface area contributed by atoms with Gasteiger partial charge >= 0.3 is 6.03 Å². The van der Waals surface area contributed by atoms with Crippen LogP contribution in [0.25, 0.3) is 0 Å². The number of aromatic nitrogens is 1. The average molecular weight is 428 g/mol. The summed E-state index contributed by atoms with van der Waals surface area (Å²) in [7, 11) is 0. The van der Waals surface area contributed by atoms with Crippen LogP contribution in [0.4, 0.5) is 10.5 Å². The van der Waals surface area contributed by atoms with Crippen molar-refractivity contribution in [2.24, 2.45) is 0 Å². The summed E-state index contributed by atoms with van der Waals surface area (Å²) < 4.78 is 6.34. The van der Waals surface area contributed by atoms with Crippen LogP contribution in [0.3, 0.4) is 0 Å². The minimum absolute atomic E-state index is 0.114. The highest BCUT2D eigenvalue weighted by molar-refractivity contribution is 5.98. The quantitative estimate of drug-likeness (QED) is 0.656. The molecule has 0 spiro atoms. The first-order chi connectivity index (χ1) is 15.4. The maximum absolute atomic E-state index is 13.1. The van der Waals surface area contributed by atoms with Crippen molar-refractivity contribution in [3.05, 3.63) is 89.2 Å². The van der Waals surface area contributed by atoms with E-state index in [0.717, 1.165) is 22.6 Å². The molecule has 2 aromatic carbocycles. The second kappa shape index (κ2) is 7.67. The highest BCUT2D eigenvalue weighted by Crippen LogP contribution is 2.45. The molecule has 0 radical (unpaired) electrons. The maximum Gasteiger partial charge on any atom is 0.325 e. The van der Waals surface area contributed by atoms with E-state index in [9.17, 15) is 9.59 Å². The van der Waals surface area contributed by atoms with Crippen LogP contribution in [0.2, 0.25) is 0 Å². The van der Waals surface area contributed by atoms with Crippen molar-refractivity contribution >= 4 is 17.6 Å². The maximum atomic E-state index is 13.1. The van der Waals surface area contributed by atoms with E-state index in [1.54, 1.807) is 29.3 Å². The lowest BCUT2D eigenvalue weighted by Gasteiger charge is -2.50. The minimum atomic E-state index is -0.863. The number of anilines is 1. The van der Waals surface area contributed by atoms with Crippen LogP contribution in [0, 0.1) is 6.92 Å². The van der Waals surface area contributed by atoms with E-state index in [0.29, 0.717) is 24.2 Å². The molecule has 2 bridgehead atoms. The summed E-state index contributed by atoms with van der Waals surface area (Å²) in [5.41, 5.74) is 3.09. The molecule has 3 amide bonds. The summed E-state index contributed by atoms with van der Waals surface area (Å²) in [5.74, 6) is 0.534. The number of carbonyl (C=O) groups is 2. The van der Waals surface area contributed by atoms with Gasteiger partial charge in [-0.15, -0.1) is 0 Å². The van der Waals surface area contributed by atoms with Gasteiger partial charge in [-0.05, 0) is 50.2 Å². The fraction of sp³-hybridized carbons (Fsp3) is 0.240. The number of rotatable bonds is 4. The summed E-state index contributed by atoms with van der Waals surface area (Å²) in [5, 5.41) is 5.97. The molecule has 1 aromatic heterocycles. The van der Waals surface area contributed by atoms with E-state index >= 15 is 0 Å². The van der Waals surface area contributed by atoms with Gasteiger partial charge in [-0.1, -0.05) is 29.8 Å². The van der Waals surface area contributed by atoms with Gasteiger partial charge in [0.05, 0.1) is 24.0 Å². The number of hydrogen-bond donors (Lipinski definition) is 2. The van der Waals surface area contributed by atoms with E-state index in [1.165, 1.54) is 0 Å². The summed E-state index contributed by atoms with van der Waals surface area (Å²) in [6.45, 7) is 4.26. The van der Waals surface area contributed by atoms with Crippen molar-refractivity contribution < 1.29 is 14.3 Å². The molecule has 5 rings (SSSR count). The molecule has 2 N–H and O–H groups in total. The van der Waals surface area contributed by atoms with Gasteiger partial charge in [0.15, 0.2) is 5.72 Å². The normalized spacial score (nSPS) is 21.2. The van der Waals surface area contributed by atoms with Crippen molar-refractivity contribution in [3.63, 3.8) is 0 Å². The largest absolute Gasteiger partial charge is 0.467 e. The van der Waals surface area contributed by atoms with Crippen LogP contribution in [0.1, 0.15) is 46.6 Å². The van der Waals surface area contributed by atoms with E-state index in [-0.39, 0.29) is 18.0 Å². The summed E-state index contributed by atoms with van der Waals surface area (Å²) in [6, 6.07) is 18.2. The Morgan fingerprint density at radius 2 is 2.09 bits per heavy atom. The van der Waals surface area contributed by atoms with Crippen LogP contribution in [0.5, 0.6) is 5.75 Å². The first-order valence-corrected chi connectivity index (χ1v) is 10.6. The van der Waals surface area contributed by atoms with Crippen LogP contribution < -0.4 is 20.3 Å². The van der Waals surface area contributed by atoms with Crippen molar-refractivity contribution in [1.29, 1.82) is 0 Å². The first kappa shape index (κ1) is 20.1. The molecule has 3 aromatic rings. The molecule has 0 aliphatic carbocycles. The van der Waals surface area contributed by atoms with E-state index in [2.05, 4.69) is 21.7 Å². The van der Waals surface area contributed by atoms with E-state index in [1.807, 2.05) is 50.2 Å². The van der Waals surface area contributed by atoms with Crippen LogP contribution in [-0.2, 0) is 6.54 Å². The van der Waals surface area contributed by atoms with Crippen molar-refractivity contribution in [1.82, 2.24) is 15.6 Å². The Morgan fingerprint density at radius 1 is 1.22 bits per heavy atom. The standard InChI is InChI=1S/C25H24N4O3/c1-16-9-10-22-20(12-16)21-14-25(2,32-22)29(24(31)28-21)19-8-5-6-17(13-19)23(30)27-15-18-7-3-4-11-26-18/h3-13,21H,14-15H2,1-2H3,(H,27,30)(H,28,31)/t21-,25-/m1/s1. The number of urea groups is 1. The smallest absolute Gasteiger partial charge is 0.325 e. The van der Waals surface area contributed by atoms with Crippen LogP contribution >= 0.6 is 0 Å². The molecule has 2 atom stereocenters. The highest BCUT2D eigenvalue weighted by atomic mass is 16.5. The van der Waals surface area contributed by atoms with Gasteiger partial charge in [0.25, 0.3) is 5.91 Å². The number of hydrogen-bond acceptors (Lipinski definition) is 4. The summed E-state index contributed by atoms with van der Waals surface area (Å²) in [4.78, 5) is 31.7. The van der Waals surface area contributed by atoms with Gasteiger partial charge in [-0.3, -0.25) is 14.7 Å². The molecule has 1 fully saturated rings. The molecule has 2 aliphatic heterocycles. The fourth-order valence-electron chi connectivity index (χ4n) is 4.45. The average Bonchev–Trinajstić information content (AvgIpc) is 2.78. The number of fused-ring (bicyclic) bond motifs is 4. The molecular formula is C25H24N4O3. The third-order valence-electron chi connectivity index (χ3n) is 5.95. The predicted octanol–water partition coefficient (Wildman–Crippen LogP) is 4.09. The lowest BCUT2D eigenvalue weighted by molar-refractivity contribution is 0.0378. The summed E-state index contributed by atoms with van der Waals surface area (Å²) >= 11 is 0. The predicted molar refractivity (Wildman–Crippen MR) is 120 cm³/mol. The van der Waals surface area contributed by atoms with Crippen LogP contribution in [0.15, 0.2) is 66.9 Å². The Morgan fingerprint density at radius 3 is 2.91 bits per heavy atom. The Balaban J connectivity index is 1.41. The molecule has 162 valence electrons. The number of carbonyl (C=O) groups excluding carboxylic acids is 2. The molecule has 7 nitrogen and oxygen atoms in total. The van der Waals surface area contributed by atoms with Crippen molar-refractivity contribution in [2.75, 3.05) is 4.90 Å². The zero-order valence-electron chi connectivity index (χ0n) is 18.0. The third-order valence-corrected chi connectivity index (χ3v) is 5.95. The third kappa shape index (κ3) is 3.56. The Bertz CT molecular complexity index is 1200. The highest BCUT2D eigenvalue weighted by Gasteiger charge is 2.49. The molecule has 32 heavy (non-hydrogen) atoms. The van der Waals surface area contributed by atoms with Gasteiger partial charge in [-0.2, -0.15) is 0 Å². The summed E-state index contributed by atoms with van der Waals surface area (Å²) in [6.07, 6.45) is 2.29. The monoisotopic (exact) mass is 428 g/mol. The molecule has 2 aliphatic rings. The Kier molecular flexibility index (Phi) is 4.81. The molecule has 3 heterocycles. The van der Waals surface area contributed by atoms with Crippen LogP contribution in [-0.4, -0.2) is 22.6 Å². The number of pyridine rings is 1. The number of aryl methyl sites for hydroxylation is 1. The second-order valence-electron chi connectivity index (χ2n) is 8.41. The van der Waals surface area contributed by atoms with Gasteiger partial charge in [0.2, 0.25) is 0 Å². The minimum Gasteiger partial charge on any atom is -0.467 e. The van der Waals surface area contributed by atoms with Crippen molar-refractivity contribution in [3.8, 4) is 5.75 Å². The van der Waals surface area contributed by atoms with E-state index < -0.39 is 5.72 Å².